The average molecular weight is 224 g/mol. The summed E-state index contributed by atoms with van der Waals surface area (Å²) in [7, 11) is 0. The van der Waals surface area contributed by atoms with Crippen LogP contribution in [0.1, 0.15) is 37.8 Å². The Morgan fingerprint density at radius 1 is 1.40 bits per heavy atom. The van der Waals surface area contributed by atoms with E-state index in [9.17, 15) is 0 Å². The molecule has 1 saturated carbocycles. The van der Waals surface area contributed by atoms with Gasteiger partial charge in [-0.05, 0) is 43.9 Å². The highest BCUT2D eigenvalue weighted by Crippen LogP contribution is 2.27. The minimum absolute atomic E-state index is 0.360. The maximum atomic E-state index is 6.14. The van der Waals surface area contributed by atoms with Gasteiger partial charge in [-0.1, -0.05) is 36.2 Å². The molecule has 0 saturated heterocycles. The molecule has 0 amide bonds. The van der Waals surface area contributed by atoms with Gasteiger partial charge in [0.2, 0.25) is 0 Å². The molecule has 1 N–H and O–H groups in total. The molecule has 0 spiro atoms. The maximum absolute atomic E-state index is 6.14. The first-order chi connectivity index (χ1) is 7.27. The lowest BCUT2D eigenvalue weighted by molar-refractivity contribution is 0.292. The summed E-state index contributed by atoms with van der Waals surface area (Å²) in [5, 5.41) is 4.42. The SMILES string of the molecule is CC(NCC1CCC1)c1ccccc1Cl. The first-order valence-corrected chi connectivity index (χ1v) is 6.13. The summed E-state index contributed by atoms with van der Waals surface area (Å²) in [4.78, 5) is 0. The lowest BCUT2D eigenvalue weighted by Crippen LogP contribution is -2.29. The van der Waals surface area contributed by atoms with E-state index in [1.54, 1.807) is 0 Å². The number of nitrogens with one attached hydrogen (secondary N) is 1. The Balaban J connectivity index is 1.89. The molecular weight excluding hydrogens is 206 g/mol. The molecule has 1 unspecified atom stereocenters. The zero-order valence-electron chi connectivity index (χ0n) is 9.17. The maximum Gasteiger partial charge on any atom is 0.0453 e. The van der Waals surface area contributed by atoms with E-state index in [4.69, 9.17) is 11.6 Å². The monoisotopic (exact) mass is 223 g/mol. The third kappa shape index (κ3) is 2.73. The smallest absolute Gasteiger partial charge is 0.0453 e. The first kappa shape index (κ1) is 11.0. The van der Waals surface area contributed by atoms with Crippen molar-refractivity contribution in [3.05, 3.63) is 34.9 Å². The van der Waals surface area contributed by atoms with E-state index in [2.05, 4.69) is 18.3 Å². The van der Waals surface area contributed by atoms with Crippen LogP contribution in [0.3, 0.4) is 0 Å². The summed E-state index contributed by atoms with van der Waals surface area (Å²) >= 11 is 6.14. The van der Waals surface area contributed by atoms with Gasteiger partial charge >= 0.3 is 0 Å². The van der Waals surface area contributed by atoms with Crippen molar-refractivity contribution in [1.82, 2.24) is 5.32 Å². The normalized spacial score (nSPS) is 18.5. The lowest BCUT2D eigenvalue weighted by Gasteiger charge is -2.27. The van der Waals surface area contributed by atoms with Crippen LogP contribution < -0.4 is 5.32 Å². The minimum Gasteiger partial charge on any atom is -0.310 e. The molecule has 0 aromatic heterocycles. The Kier molecular flexibility index (Phi) is 3.66. The van der Waals surface area contributed by atoms with Crippen LogP contribution in [0.15, 0.2) is 24.3 Å². The molecule has 1 nitrogen and oxygen atoms in total. The zero-order chi connectivity index (χ0) is 10.7. The Bertz CT molecular complexity index is 320. The van der Waals surface area contributed by atoms with Gasteiger partial charge in [0.25, 0.3) is 0 Å². The average Bonchev–Trinajstić information content (AvgIpc) is 2.16. The van der Waals surface area contributed by atoms with E-state index >= 15 is 0 Å². The largest absolute Gasteiger partial charge is 0.310 e. The second-order valence-electron chi connectivity index (χ2n) is 4.45. The van der Waals surface area contributed by atoms with Gasteiger partial charge in [0.1, 0.15) is 0 Å². The molecule has 0 bridgehead atoms. The predicted molar refractivity (Wildman–Crippen MR) is 65.2 cm³/mol. The van der Waals surface area contributed by atoms with Gasteiger partial charge in [-0.15, -0.1) is 0 Å². The van der Waals surface area contributed by atoms with E-state index < -0.39 is 0 Å². The fourth-order valence-corrected chi connectivity index (χ4v) is 2.28. The fraction of sp³-hybridized carbons (Fsp3) is 0.538. The van der Waals surface area contributed by atoms with Gasteiger partial charge in [0, 0.05) is 11.1 Å². The van der Waals surface area contributed by atoms with Crippen molar-refractivity contribution >= 4 is 11.6 Å². The molecule has 2 heteroatoms. The molecule has 15 heavy (non-hydrogen) atoms. The molecule has 1 aromatic rings. The van der Waals surface area contributed by atoms with Crippen molar-refractivity contribution in [2.24, 2.45) is 5.92 Å². The second-order valence-corrected chi connectivity index (χ2v) is 4.86. The molecule has 1 atom stereocenters. The van der Waals surface area contributed by atoms with E-state index in [1.807, 2.05) is 18.2 Å². The molecule has 1 aliphatic rings. The number of benzene rings is 1. The van der Waals surface area contributed by atoms with Gasteiger partial charge in [-0.3, -0.25) is 0 Å². The summed E-state index contributed by atoms with van der Waals surface area (Å²) in [6.45, 7) is 3.31. The highest BCUT2D eigenvalue weighted by atomic mass is 35.5. The van der Waals surface area contributed by atoms with Crippen molar-refractivity contribution in [3.8, 4) is 0 Å². The predicted octanol–water partition coefficient (Wildman–Crippen LogP) is 3.79. The van der Waals surface area contributed by atoms with Crippen LogP contribution in [0.25, 0.3) is 0 Å². The molecule has 0 heterocycles. The van der Waals surface area contributed by atoms with Gasteiger partial charge in [-0.2, -0.15) is 0 Å². The Hall–Kier alpha value is -0.530. The summed E-state index contributed by atoms with van der Waals surface area (Å²) in [6, 6.07) is 8.44. The van der Waals surface area contributed by atoms with Crippen LogP contribution in [0.4, 0.5) is 0 Å². The van der Waals surface area contributed by atoms with Gasteiger partial charge in [-0.25, -0.2) is 0 Å². The Labute approximate surface area is 96.8 Å². The number of rotatable bonds is 4. The minimum atomic E-state index is 0.360. The lowest BCUT2D eigenvalue weighted by atomic mass is 9.85. The second kappa shape index (κ2) is 5.00. The highest BCUT2D eigenvalue weighted by Gasteiger charge is 2.18. The number of hydrogen-bond donors (Lipinski definition) is 1. The summed E-state index contributed by atoms with van der Waals surface area (Å²) in [5.41, 5.74) is 1.21. The van der Waals surface area contributed by atoms with Crippen LogP contribution in [-0.2, 0) is 0 Å². The van der Waals surface area contributed by atoms with Crippen molar-refractivity contribution in [1.29, 1.82) is 0 Å². The summed E-state index contributed by atoms with van der Waals surface area (Å²) in [5.74, 6) is 0.898. The molecule has 1 aliphatic carbocycles. The zero-order valence-corrected chi connectivity index (χ0v) is 9.93. The quantitative estimate of drug-likeness (QED) is 0.819. The first-order valence-electron chi connectivity index (χ1n) is 5.75. The molecule has 1 fully saturated rings. The molecule has 0 aliphatic heterocycles. The van der Waals surface area contributed by atoms with Crippen LogP contribution >= 0.6 is 11.6 Å². The molecular formula is C13H18ClN. The van der Waals surface area contributed by atoms with E-state index in [1.165, 1.54) is 24.8 Å². The van der Waals surface area contributed by atoms with E-state index in [0.717, 1.165) is 17.5 Å². The Morgan fingerprint density at radius 2 is 2.13 bits per heavy atom. The van der Waals surface area contributed by atoms with Crippen molar-refractivity contribution < 1.29 is 0 Å². The molecule has 0 radical (unpaired) electrons. The number of halogens is 1. The number of hydrogen-bond acceptors (Lipinski definition) is 1. The highest BCUT2D eigenvalue weighted by molar-refractivity contribution is 6.31. The van der Waals surface area contributed by atoms with E-state index in [0.29, 0.717) is 6.04 Å². The third-order valence-corrected chi connectivity index (χ3v) is 3.65. The van der Waals surface area contributed by atoms with E-state index in [-0.39, 0.29) is 0 Å². The summed E-state index contributed by atoms with van der Waals surface area (Å²) < 4.78 is 0. The van der Waals surface area contributed by atoms with Gasteiger partial charge in [0.15, 0.2) is 0 Å². The topological polar surface area (TPSA) is 12.0 Å². The van der Waals surface area contributed by atoms with Crippen molar-refractivity contribution in [3.63, 3.8) is 0 Å². The van der Waals surface area contributed by atoms with Crippen molar-refractivity contribution in [2.75, 3.05) is 6.54 Å². The van der Waals surface area contributed by atoms with Crippen molar-refractivity contribution in [2.45, 2.75) is 32.2 Å². The van der Waals surface area contributed by atoms with Gasteiger partial charge in [0.05, 0.1) is 0 Å². The van der Waals surface area contributed by atoms with Crippen LogP contribution in [0.5, 0.6) is 0 Å². The Morgan fingerprint density at radius 3 is 2.73 bits per heavy atom. The van der Waals surface area contributed by atoms with Crippen LogP contribution in [0.2, 0.25) is 5.02 Å². The summed E-state index contributed by atoms with van der Waals surface area (Å²) in [6.07, 6.45) is 4.19. The molecule has 1 aromatic carbocycles. The van der Waals surface area contributed by atoms with Crippen LogP contribution in [0, 0.1) is 5.92 Å². The molecule has 2 rings (SSSR count). The fourth-order valence-electron chi connectivity index (χ4n) is 1.98. The van der Waals surface area contributed by atoms with Gasteiger partial charge < -0.3 is 5.32 Å². The standard InChI is InChI=1S/C13H18ClN/c1-10(15-9-11-5-4-6-11)12-7-2-3-8-13(12)14/h2-3,7-8,10-11,15H,4-6,9H2,1H3. The third-order valence-electron chi connectivity index (χ3n) is 3.31. The van der Waals surface area contributed by atoms with Crippen LogP contribution in [-0.4, -0.2) is 6.54 Å². The molecule has 82 valence electrons.